The zero-order valence-corrected chi connectivity index (χ0v) is 18.1. The van der Waals surface area contributed by atoms with E-state index in [1.165, 1.54) is 37.4 Å². The Morgan fingerprint density at radius 1 is 1.33 bits per heavy atom. The Kier molecular flexibility index (Phi) is 7.02. The Morgan fingerprint density at radius 3 is 2.77 bits per heavy atom. The van der Waals surface area contributed by atoms with E-state index in [2.05, 4.69) is 20.6 Å². The van der Waals surface area contributed by atoms with Gasteiger partial charge in [0.05, 0.1) is 29.1 Å². The van der Waals surface area contributed by atoms with Crippen molar-refractivity contribution in [2.75, 3.05) is 11.9 Å². The van der Waals surface area contributed by atoms with Crippen LogP contribution in [-0.2, 0) is 6.42 Å². The number of carbonyl (C=O) groups excluding carboxylic acids is 1. The number of pyridine rings is 1. The van der Waals surface area contributed by atoms with Crippen molar-refractivity contribution < 1.29 is 14.3 Å². The third-order valence-corrected chi connectivity index (χ3v) is 5.36. The molecule has 3 N–H and O–H groups in total. The Morgan fingerprint density at radius 2 is 2.07 bits per heavy atom. The maximum atomic E-state index is 14.0. The molecule has 2 aromatic heterocycles. The SMILES string of the molecule is CC(C)(O)[C@H](F)CNC(=O)c1cnc(Cl)cc1Nc1nc(Cc2ccccc2)cs1. The first kappa shape index (κ1) is 22.1. The van der Waals surface area contributed by atoms with Crippen molar-refractivity contribution in [1.29, 1.82) is 0 Å². The first-order valence-corrected chi connectivity index (χ1v) is 10.5. The van der Waals surface area contributed by atoms with Gasteiger partial charge in [-0.2, -0.15) is 0 Å². The molecule has 0 aliphatic heterocycles. The lowest BCUT2D eigenvalue weighted by atomic mass is 10.0. The minimum absolute atomic E-state index is 0.196. The zero-order valence-electron chi connectivity index (χ0n) is 16.5. The van der Waals surface area contributed by atoms with E-state index in [0.29, 0.717) is 17.2 Å². The summed E-state index contributed by atoms with van der Waals surface area (Å²) in [7, 11) is 0. The number of thiazole rings is 1. The molecule has 9 heteroatoms. The van der Waals surface area contributed by atoms with Crippen LogP contribution in [0.4, 0.5) is 15.2 Å². The van der Waals surface area contributed by atoms with Gasteiger partial charge < -0.3 is 15.7 Å². The second kappa shape index (κ2) is 9.51. The average molecular weight is 449 g/mol. The summed E-state index contributed by atoms with van der Waals surface area (Å²) in [5.74, 6) is -0.533. The third kappa shape index (κ3) is 5.98. The summed E-state index contributed by atoms with van der Waals surface area (Å²) in [6, 6.07) is 11.5. The Balaban J connectivity index is 1.72. The normalized spacial score (nSPS) is 12.4. The van der Waals surface area contributed by atoms with Crippen LogP contribution in [0.5, 0.6) is 0 Å². The van der Waals surface area contributed by atoms with Crippen molar-refractivity contribution >= 4 is 39.7 Å². The van der Waals surface area contributed by atoms with Crippen LogP contribution in [0, 0.1) is 0 Å². The van der Waals surface area contributed by atoms with Crippen molar-refractivity contribution in [2.24, 2.45) is 0 Å². The number of nitrogens with one attached hydrogen (secondary N) is 2. The van der Waals surface area contributed by atoms with Gasteiger partial charge in [-0.05, 0) is 25.5 Å². The molecule has 0 fully saturated rings. The van der Waals surface area contributed by atoms with Gasteiger partial charge in [0.1, 0.15) is 11.3 Å². The summed E-state index contributed by atoms with van der Waals surface area (Å²) in [5.41, 5.74) is 1.09. The number of nitrogens with zero attached hydrogens (tertiary/aromatic N) is 2. The number of carbonyl (C=O) groups is 1. The van der Waals surface area contributed by atoms with Crippen LogP contribution in [0.1, 0.15) is 35.5 Å². The lowest BCUT2D eigenvalue weighted by Gasteiger charge is -2.22. The maximum absolute atomic E-state index is 14.0. The van der Waals surface area contributed by atoms with Crippen LogP contribution in [0.3, 0.4) is 0 Å². The van der Waals surface area contributed by atoms with Gasteiger partial charge in [0, 0.05) is 18.0 Å². The molecular formula is C21H22ClFN4O2S. The molecule has 0 aliphatic carbocycles. The molecule has 1 aromatic carbocycles. The lowest BCUT2D eigenvalue weighted by Crippen LogP contribution is -2.42. The van der Waals surface area contributed by atoms with Crippen molar-refractivity contribution in [1.82, 2.24) is 15.3 Å². The molecule has 3 aromatic rings. The van der Waals surface area contributed by atoms with Gasteiger partial charge in [0.15, 0.2) is 5.13 Å². The summed E-state index contributed by atoms with van der Waals surface area (Å²) in [5, 5.41) is 18.0. The fourth-order valence-corrected chi connectivity index (χ4v) is 3.49. The zero-order chi connectivity index (χ0) is 21.7. The van der Waals surface area contributed by atoms with E-state index in [-0.39, 0.29) is 17.3 Å². The topological polar surface area (TPSA) is 87.1 Å². The minimum Gasteiger partial charge on any atom is -0.387 e. The highest BCUT2D eigenvalue weighted by molar-refractivity contribution is 7.13. The molecule has 0 saturated heterocycles. The maximum Gasteiger partial charge on any atom is 0.255 e. The number of rotatable bonds is 8. The predicted octanol–water partition coefficient (Wildman–Crippen LogP) is 4.36. The number of aromatic nitrogens is 2. The molecule has 3 rings (SSSR count). The molecule has 0 bridgehead atoms. The van der Waals surface area contributed by atoms with Gasteiger partial charge in [-0.1, -0.05) is 41.9 Å². The standard InChI is InChI=1S/C21H22ClFN4O2S/c1-21(2,29)17(23)11-25-19(28)15-10-24-18(22)9-16(15)27-20-26-14(12-30-20)8-13-6-4-3-5-7-13/h3-7,9-10,12,17,29H,8,11H2,1-2H3,(H,25,28)(H,24,26,27)/t17-/m1/s1. The molecule has 30 heavy (non-hydrogen) atoms. The summed E-state index contributed by atoms with van der Waals surface area (Å²) in [6.45, 7) is 2.36. The number of anilines is 2. The number of hydrogen-bond donors (Lipinski definition) is 3. The van der Waals surface area contributed by atoms with E-state index in [1.54, 1.807) is 0 Å². The molecule has 0 radical (unpaired) electrons. The van der Waals surface area contributed by atoms with E-state index in [9.17, 15) is 14.3 Å². The number of alkyl halides is 1. The van der Waals surface area contributed by atoms with Crippen molar-refractivity contribution in [3.05, 3.63) is 69.9 Å². The number of amides is 1. The molecule has 0 unspecified atom stereocenters. The van der Waals surface area contributed by atoms with Gasteiger partial charge in [0.25, 0.3) is 5.91 Å². The van der Waals surface area contributed by atoms with E-state index in [4.69, 9.17) is 11.6 Å². The minimum atomic E-state index is -1.61. The van der Waals surface area contributed by atoms with Crippen LogP contribution < -0.4 is 10.6 Å². The largest absolute Gasteiger partial charge is 0.387 e. The second-order valence-corrected chi connectivity index (χ2v) is 8.56. The Labute approximate surface area is 183 Å². The second-order valence-electron chi connectivity index (χ2n) is 7.32. The number of benzene rings is 1. The molecule has 6 nitrogen and oxygen atoms in total. The summed E-state index contributed by atoms with van der Waals surface area (Å²) < 4.78 is 14.0. The quantitative estimate of drug-likeness (QED) is 0.445. The van der Waals surface area contributed by atoms with Gasteiger partial charge >= 0.3 is 0 Å². The molecule has 0 saturated carbocycles. The van der Waals surface area contributed by atoms with Crippen molar-refractivity contribution in [2.45, 2.75) is 32.0 Å². The molecule has 1 atom stereocenters. The van der Waals surface area contributed by atoms with Crippen molar-refractivity contribution in [3.8, 4) is 0 Å². The monoisotopic (exact) mass is 448 g/mol. The summed E-state index contributed by atoms with van der Waals surface area (Å²) >= 11 is 7.40. The van der Waals surface area contributed by atoms with Crippen LogP contribution in [0.2, 0.25) is 5.15 Å². The Hall–Kier alpha value is -2.55. The molecule has 0 aliphatic rings. The number of hydrogen-bond acceptors (Lipinski definition) is 6. The van der Waals surface area contributed by atoms with Crippen molar-refractivity contribution in [3.63, 3.8) is 0 Å². The molecule has 0 spiro atoms. The van der Waals surface area contributed by atoms with Gasteiger partial charge in [-0.15, -0.1) is 11.3 Å². The first-order chi connectivity index (χ1) is 14.2. The van der Waals surface area contributed by atoms with Gasteiger partial charge in [-0.25, -0.2) is 14.4 Å². The highest BCUT2D eigenvalue weighted by Crippen LogP contribution is 2.26. The fourth-order valence-electron chi connectivity index (χ4n) is 2.61. The molecule has 158 valence electrons. The fraction of sp³-hybridized carbons (Fsp3) is 0.286. The highest BCUT2D eigenvalue weighted by Gasteiger charge is 2.27. The molecule has 1 amide bonds. The lowest BCUT2D eigenvalue weighted by molar-refractivity contribution is -0.00177. The van der Waals surface area contributed by atoms with Gasteiger partial charge in [0.2, 0.25) is 0 Å². The van der Waals surface area contributed by atoms with E-state index in [0.717, 1.165) is 11.3 Å². The highest BCUT2D eigenvalue weighted by atomic mass is 35.5. The number of aliphatic hydroxyl groups is 1. The summed E-state index contributed by atoms with van der Waals surface area (Å²) in [4.78, 5) is 21.0. The molecular weight excluding hydrogens is 427 g/mol. The van der Waals surface area contributed by atoms with Crippen LogP contribution in [0.25, 0.3) is 0 Å². The predicted molar refractivity (Wildman–Crippen MR) is 117 cm³/mol. The first-order valence-electron chi connectivity index (χ1n) is 9.28. The van der Waals surface area contributed by atoms with Crippen LogP contribution in [-0.4, -0.2) is 39.3 Å². The third-order valence-electron chi connectivity index (χ3n) is 4.35. The van der Waals surface area contributed by atoms with E-state index >= 15 is 0 Å². The van der Waals surface area contributed by atoms with E-state index in [1.807, 2.05) is 35.7 Å². The van der Waals surface area contributed by atoms with Crippen LogP contribution in [0.15, 0.2) is 48.0 Å². The van der Waals surface area contributed by atoms with E-state index < -0.39 is 17.7 Å². The smallest absolute Gasteiger partial charge is 0.255 e. The van der Waals surface area contributed by atoms with Gasteiger partial charge in [-0.3, -0.25) is 4.79 Å². The number of halogens is 2. The molecule has 2 heterocycles. The van der Waals surface area contributed by atoms with Crippen LogP contribution >= 0.6 is 22.9 Å². The summed E-state index contributed by atoms with van der Waals surface area (Å²) in [6.07, 6.45) is 0.395. The Bertz CT molecular complexity index is 1010. The average Bonchev–Trinajstić information content (AvgIpc) is 3.12.